The Morgan fingerprint density at radius 3 is 2.60 bits per heavy atom. The van der Waals surface area contributed by atoms with Gasteiger partial charge in [0.05, 0.1) is 24.7 Å². The molecule has 0 aromatic carbocycles. The van der Waals surface area contributed by atoms with Gasteiger partial charge in [0, 0.05) is 18.4 Å². The average Bonchev–Trinajstić information content (AvgIpc) is 2.38. The fraction of sp³-hybridized carbons (Fsp3) is 0.889. The summed E-state index contributed by atoms with van der Waals surface area (Å²) >= 11 is 0. The average molecular weight is 233 g/mol. The third-order valence-corrected chi connectivity index (χ3v) is 4.55. The standard InChI is InChI=1S/C9H15NO4S/c11-9(3-7-4-14-5-7)10-8-1-2-15(12,13)6-8/h7-8H,1-6H2,(H,10,11). The summed E-state index contributed by atoms with van der Waals surface area (Å²) in [7, 11) is -2.90. The monoisotopic (exact) mass is 233 g/mol. The van der Waals surface area contributed by atoms with Crippen LogP contribution in [0.25, 0.3) is 0 Å². The van der Waals surface area contributed by atoms with Gasteiger partial charge in [-0.2, -0.15) is 0 Å². The quantitative estimate of drug-likeness (QED) is 0.701. The molecule has 1 unspecified atom stereocenters. The number of sulfone groups is 1. The Morgan fingerprint density at radius 2 is 2.13 bits per heavy atom. The van der Waals surface area contributed by atoms with Crippen LogP contribution in [0.4, 0.5) is 0 Å². The van der Waals surface area contributed by atoms with Crippen LogP contribution in [0.5, 0.6) is 0 Å². The first-order valence-corrected chi connectivity index (χ1v) is 6.95. The molecule has 86 valence electrons. The Bertz CT molecular complexity index is 347. The second-order valence-corrected chi connectivity index (χ2v) is 6.50. The van der Waals surface area contributed by atoms with Gasteiger partial charge in [0.25, 0.3) is 0 Å². The second-order valence-electron chi connectivity index (χ2n) is 4.28. The minimum Gasteiger partial charge on any atom is -0.381 e. The molecule has 1 N–H and O–H groups in total. The third-order valence-electron chi connectivity index (χ3n) is 2.78. The number of amides is 1. The van der Waals surface area contributed by atoms with E-state index in [1.807, 2.05) is 0 Å². The van der Waals surface area contributed by atoms with E-state index in [1.165, 1.54) is 0 Å². The van der Waals surface area contributed by atoms with Gasteiger partial charge in [-0.25, -0.2) is 8.42 Å². The minimum atomic E-state index is -2.90. The molecule has 0 aromatic rings. The molecule has 0 bridgehead atoms. The maximum Gasteiger partial charge on any atom is 0.220 e. The molecule has 2 heterocycles. The first kappa shape index (κ1) is 10.9. The summed E-state index contributed by atoms with van der Waals surface area (Å²) in [5, 5.41) is 2.76. The zero-order valence-electron chi connectivity index (χ0n) is 8.44. The first-order valence-electron chi connectivity index (χ1n) is 5.13. The van der Waals surface area contributed by atoms with E-state index in [0.717, 1.165) is 0 Å². The van der Waals surface area contributed by atoms with Crippen LogP contribution >= 0.6 is 0 Å². The smallest absolute Gasteiger partial charge is 0.220 e. The summed E-state index contributed by atoms with van der Waals surface area (Å²) in [6.07, 6.45) is 1.01. The molecular formula is C9H15NO4S. The zero-order valence-corrected chi connectivity index (χ0v) is 9.26. The minimum absolute atomic E-state index is 0.0506. The van der Waals surface area contributed by atoms with E-state index in [4.69, 9.17) is 4.74 Å². The van der Waals surface area contributed by atoms with Gasteiger partial charge in [0.1, 0.15) is 0 Å². The molecular weight excluding hydrogens is 218 g/mol. The van der Waals surface area contributed by atoms with Crippen LogP contribution in [-0.4, -0.2) is 45.1 Å². The van der Waals surface area contributed by atoms with Gasteiger partial charge in [0.2, 0.25) is 5.91 Å². The number of carbonyl (C=O) groups excluding carboxylic acids is 1. The predicted octanol–water partition coefficient (Wildman–Crippen LogP) is -0.674. The van der Waals surface area contributed by atoms with Crippen molar-refractivity contribution in [2.24, 2.45) is 5.92 Å². The van der Waals surface area contributed by atoms with Gasteiger partial charge in [-0.3, -0.25) is 4.79 Å². The lowest BCUT2D eigenvalue weighted by Crippen LogP contribution is -2.39. The van der Waals surface area contributed by atoms with Crippen molar-refractivity contribution in [3.05, 3.63) is 0 Å². The molecule has 2 aliphatic rings. The molecule has 0 aliphatic carbocycles. The molecule has 2 saturated heterocycles. The summed E-state index contributed by atoms with van der Waals surface area (Å²) in [6.45, 7) is 1.30. The highest BCUT2D eigenvalue weighted by Gasteiger charge is 2.30. The number of nitrogens with one attached hydrogen (secondary N) is 1. The molecule has 6 heteroatoms. The van der Waals surface area contributed by atoms with Gasteiger partial charge in [-0.1, -0.05) is 0 Å². The van der Waals surface area contributed by atoms with E-state index in [1.54, 1.807) is 0 Å². The Morgan fingerprint density at radius 1 is 1.40 bits per heavy atom. The maximum atomic E-state index is 11.5. The van der Waals surface area contributed by atoms with Crippen molar-refractivity contribution in [1.29, 1.82) is 0 Å². The molecule has 1 amide bonds. The largest absolute Gasteiger partial charge is 0.381 e. The van der Waals surface area contributed by atoms with Crippen molar-refractivity contribution in [1.82, 2.24) is 5.32 Å². The van der Waals surface area contributed by atoms with Crippen LogP contribution in [0, 0.1) is 5.92 Å². The highest BCUT2D eigenvalue weighted by molar-refractivity contribution is 7.91. The first-order chi connectivity index (χ1) is 7.05. The number of hydrogen-bond acceptors (Lipinski definition) is 4. The molecule has 0 saturated carbocycles. The summed E-state index contributed by atoms with van der Waals surface area (Å²) in [4.78, 5) is 11.5. The van der Waals surface area contributed by atoms with Crippen molar-refractivity contribution in [2.45, 2.75) is 18.9 Å². The molecule has 2 fully saturated rings. The lowest BCUT2D eigenvalue weighted by molar-refractivity contribution is -0.127. The van der Waals surface area contributed by atoms with E-state index in [0.29, 0.717) is 32.0 Å². The lowest BCUT2D eigenvalue weighted by Gasteiger charge is -2.25. The number of hydrogen-bond donors (Lipinski definition) is 1. The van der Waals surface area contributed by atoms with Crippen LogP contribution in [0.15, 0.2) is 0 Å². The van der Waals surface area contributed by atoms with Crippen LogP contribution < -0.4 is 5.32 Å². The molecule has 0 radical (unpaired) electrons. The fourth-order valence-electron chi connectivity index (χ4n) is 1.86. The zero-order chi connectivity index (χ0) is 10.9. The van der Waals surface area contributed by atoms with Gasteiger partial charge >= 0.3 is 0 Å². The summed E-state index contributed by atoms with van der Waals surface area (Å²) in [5.41, 5.74) is 0. The van der Waals surface area contributed by atoms with Crippen molar-refractivity contribution < 1.29 is 17.9 Å². The lowest BCUT2D eigenvalue weighted by atomic mass is 10.0. The fourth-order valence-corrected chi connectivity index (χ4v) is 3.53. The van der Waals surface area contributed by atoms with Gasteiger partial charge in [-0.05, 0) is 6.42 Å². The number of carbonyl (C=O) groups is 1. The van der Waals surface area contributed by atoms with Gasteiger partial charge < -0.3 is 10.1 Å². The SMILES string of the molecule is O=C(CC1COC1)NC1CCS(=O)(=O)C1. The highest BCUT2D eigenvalue weighted by Crippen LogP contribution is 2.15. The van der Waals surface area contributed by atoms with Gasteiger partial charge in [0.15, 0.2) is 9.84 Å². The molecule has 0 aromatic heterocycles. The van der Waals surface area contributed by atoms with Crippen LogP contribution in [0.2, 0.25) is 0 Å². The van der Waals surface area contributed by atoms with E-state index in [-0.39, 0.29) is 23.5 Å². The Balaban J connectivity index is 1.74. The Kier molecular flexibility index (Phi) is 2.97. The van der Waals surface area contributed by atoms with Crippen molar-refractivity contribution >= 4 is 15.7 Å². The summed E-state index contributed by atoms with van der Waals surface area (Å²) in [5.74, 6) is 0.568. The molecule has 5 nitrogen and oxygen atoms in total. The van der Waals surface area contributed by atoms with Crippen LogP contribution in [0.3, 0.4) is 0 Å². The summed E-state index contributed by atoms with van der Waals surface area (Å²) in [6, 6.07) is -0.177. The van der Waals surface area contributed by atoms with E-state index < -0.39 is 9.84 Å². The number of ether oxygens (including phenoxy) is 1. The van der Waals surface area contributed by atoms with Crippen molar-refractivity contribution in [2.75, 3.05) is 24.7 Å². The molecule has 2 aliphatic heterocycles. The maximum absolute atomic E-state index is 11.5. The summed E-state index contributed by atoms with van der Waals surface area (Å²) < 4.78 is 27.2. The Labute approximate surface area is 89.1 Å². The van der Waals surface area contributed by atoms with Gasteiger partial charge in [-0.15, -0.1) is 0 Å². The van der Waals surface area contributed by atoms with Crippen molar-refractivity contribution in [3.63, 3.8) is 0 Å². The van der Waals surface area contributed by atoms with Crippen molar-refractivity contribution in [3.8, 4) is 0 Å². The molecule has 0 spiro atoms. The van der Waals surface area contributed by atoms with E-state index in [2.05, 4.69) is 5.32 Å². The van der Waals surface area contributed by atoms with Crippen LogP contribution in [0.1, 0.15) is 12.8 Å². The highest BCUT2D eigenvalue weighted by atomic mass is 32.2. The van der Waals surface area contributed by atoms with Crippen LogP contribution in [-0.2, 0) is 19.4 Å². The molecule has 1 atom stereocenters. The van der Waals surface area contributed by atoms with E-state index in [9.17, 15) is 13.2 Å². The number of rotatable bonds is 3. The Hall–Kier alpha value is -0.620. The second kappa shape index (κ2) is 4.09. The predicted molar refractivity (Wildman–Crippen MR) is 54.1 cm³/mol. The normalized spacial score (nSPS) is 29.7. The molecule has 15 heavy (non-hydrogen) atoms. The van der Waals surface area contributed by atoms with E-state index >= 15 is 0 Å². The topological polar surface area (TPSA) is 72.5 Å². The third kappa shape index (κ3) is 2.92. The molecule has 2 rings (SSSR count).